The zero-order chi connectivity index (χ0) is 13.4. The summed E-state index contributed by atoms with van der Waals surface area (Å²) in [6.07, 6.45) is 0. The zero-order valence-corrected chi connectivity index (χ0v) is 9.02. The van der Waals surface area contributed by atoms with Gasteiger partial charge < -0.3 is 5.73 Å². The second kappa shape index (κ2) is 3.68. The first-order valence-corrected chi connectivity index (χ1v) is 4.86. The number of nitrogens with two attached hydrogens (primary N) is 1. The molecule has 7 nitrogen and oxygen atoms in total. The van der Waals surface area contributed by atoms with E-state index in [0.29, 0.717) is 0 Å². The molecule has 0 spiro atoms. The van der Waals surface area contributed by atoms with Crippen LogP contribution in [0.2, 0.25) is 0 Å². The van der Waals surface area contributed by atoms with E-state index in [4.69, 9.17) is 32.3 Å². The van der Waals surface area contributed by atoms with Crippen molar-refractivity contribution in [3.05, 3.63) is 16.8 Å². The van der Waals surface area contributed by atoms with Crippen LogP contribution in [0.5, 0.6) is 0 Å². The Labute approximate surface area is 102 Å². The highest BCUT2D eigenvalue weighted by atomic mass is 15.2. The highest BCUT2D eigenvalue weighted by Gasteiger charge is 2.50. The molecule has 0 saturated heterocycles. The van der Waals surface area contributed by atoms with Gasteiger partial charge in [0.15, 0.2) is 11.8 Å². The summed E-state index contributed by atoms with van der Waals surface area (Å²) < 4.78 is 1.19. The van der Waals surface area contributed by atoms with Gasteiger partial charge in [-0.3, -0.25) is 5.41 Å². The predicted octanol–water partition coefficient (Wildman–Crippen LogP) is -0.407. The van der Waals surface area contributed by atoms with E-state index in [1.54, 1.807) is 0 Å². The minimum Gasteiger partial charge on any atom is -0.320 e. The standard InChI is InChI=1S/C11H5N7/c12-1-5-7(3-14)10(16)18-9(5)6(2-13)8(4-15)11(18)17/h7-8,12,16-17H/p+1. The normalized spacial score (nSPS) is 25.4. The second-order valence-corrected chi connectivity index (χ2v) is 3.68. The zero-order valence-electron chi connectivity index (χ0n) is 9.02. The second-order valence-electron chi connectivity index (χ2n) is 3.68. The number of nitrogens with zero attached hydrogens (tertiary/aromatic N) is 4. The molecule has 2 atom stereocenters. The van der Waals surface area contributed by atoms with Gasteiger partial charge >= 0.3 is 0 Å². The third-order valence-electron chi connectivity index (χ3n) is 2.89. The molecule has 84 valence electrons. The summed E-state index contributed by atoms with van der Waals surface area (Å²) in [6.45, 7) is 0. The van der Waals surface area contributed by atoms with Gasteiger partial charge in [0.1, 0.15) is 11.8 Å². The lowest BCUT2D eigenvalue weighted by atomic mass is 9.95. The first-order chi connectivity index (χ1) is 8.62. The quantitative estimate of drug-likeness (QED) is 0.387. The Kier molecular flexibility index (Phi) is 2.31. The van der Waals surface area contributed by atoms with Crippen LogP contribution in [-0.2, 0) is 0 Å². The molecule has 18 heavy (non-hydrogen) atoms. The first kappa shape index (κ1) is 11.3. The Bertz CT molecular complexity index is 710. The van der Waals surface area contributed by atoms with Gasteiger partial charge in [0.2, 0.25) is 5.84 Å². The fraction of sp³-hybridized carbons (Fsp3) is 0.182. The van der Waals surface area contributed by atoms with E-state index in [1.807, 2.05) is 18.2 Å². The third kappa shape index (κ3) is 1.07. The molecular weight excluding hydrogens is 230 g/mol. The molecule has 0 aromatic rings. The number of amidine groups is 2. The van der Waals surface area contributed by atoms with E-state index in [-0.39, 0.29) is 28.5 Å². The number of rotatable bonds is 0. The van der Waals surface area contributed by atoms with Crippen molar-refractivity contribution in [2.24, 2.45) is 17.6 Å². The minimum atomic E-state index is -1.01. The number of hydrogen-bond acceptors (Lipinski definition) is 6. The lowest BCUT2D eigenvalue weighted by Gasteiger charge is -1.99. The molecule has 0 aliphatic carbocycles. The number of nitrogens with one attached hydrogen (secondary N) is 2. The molecule has 2 heterocycles. The molecule has 2 unspecified atom stereocenters. The van der Waals surface area contributed by atoms with Crippen molar-refractivity contribution < 1.29 is 4.58 Å². The molecule has 0 aromatic heterocycles. The van der Waals surface area contributed by atoms with Crippen LogP contribution >= 0.6 is 0 Å². The van der Waals surface area contributed by atoms with Gasteiger partial charge in [-0.2, -0.15) is 25.8 Å². The van der Waals surface area contributed by atoms with Crippen molar-refractivity contribution in [1.82, 2.24) is 0 Å². The van der Waals surface area contributed by atoms with E-state index < -0.39 is 11.8 Å². The Morgan fingerprint density at radius 3 is 2.22 bits per heavy atom. The Morgan fingerprint density at radius 2 is 1.78 bits per heavy atom. The molecule has 2 aliphatic heterocycles. The van der Waals surface area contributed by atoms with E-state index in [9.17, 15) is 0 Å². The van der Waals surface area contributed by atoms with Crippen LogP contribution in [0.1, 0.15) is 0 Å². The monoisotopic (exact) mass is 236 g/mol. The molecule has 2 aliphatic rings. The van der Waals surface area contributed by atoms with Gasteiger partial charge in [0.05, 0.1) is 23.3 Å². The summed E-state index contributed by atoms with van der Waals surface area (Å²) >= 11 is 0. The average molecular weight is 236 g/mol. The molecule has 4 N–H and O–H groups in total. The lowest BCUT2D eigenvalue weighted by Crippen LogP contribution is -2.30. The van der Waals surface area contributed by atoms with Crippen LogP contribution in [0.4, 0.5) is 0 Å². The van der Waals surface area contributed by atoms with Crippen molar-refractivity contribution in [1.29, 1.82) is 26.6 Å². The SMILES string of the molecule is N#CC1=C2C(=C=N)C(C#N)C(N)=[N+]2C(=N)C1C#N. The Morgan fingerprint density at radius 1 is 1.17 bits per heavy atom. The summed E-state index contributed by atoms with van der Waals surface area (Å²) in [5, 5.41) is 42.1. The topological polar surface area (TPSA) is 148 Å². The molecule has 0 amide bonds. The first-order valence-electron chi connectivity index (χ1n) is 4.86. The third-order valence-corrected chi connectivity index (χ3v) is 2.89. The highest BCUT2D eigenvalue weighted by Crippen LogP contribution is 2.37. The van der Waals surface area contributed by atoms with Crippen LogP contribution < -0.4 is 5.73 Å². The van der Waals surface area contributed by atoms with E-state index in [0.717, 1.165) is 0 Å². The molecule has 7 heteroatoms. The van der Waals surface area contributed by atoms with E-state index >= 15 is 0 Å². The smallest absolute Gasteiger partial charge is 0.257 e. The Hall–Kier alpha value is -3.20. The van der Waals surface area contributed by atoms with Crippen LogP contribution in [0.25, 0.3) is 0 Å². The summed E-state index contributed by atoms with van der Waals surface area (Å²) in [6, 6.07) is 5.58. The maximum atomic E-state index is 9.07. The van der Waals surface area contributed by atoms with Crippen LogP contribution in [0.15, 0.2) is 16.8 Å². The van der Waals surface area contributed by atoms with Gasteiger partial charge in [-0.1, -0.05) is 0 Å². The molecule has 0 aromatic carbocycles. The van der Waals surface area contributed by atoms with Crippen LogP contribution in [0.3, 0.4) is 0 Å². The number of nitriles is 3. The highest BCUT2D eigenvalue weighted by molar-refractivity contribution is 6.01. The fourth-order valence-electron chi connectivity index (χ4n) is 2.10. The summed E-state index contributed by atoms with van der Waals surface area (Å²) in [5.74, 6) is 0.0525. The fourth-order valence-corrected chi connectivity index (χ4v) is 2.10. The Balaban J connectivity index is 2.85. The van der Waals surface area contributed by atoms with E-state index in [1.165, 1.54) is 4.58 Å². The summed E-state index contributed by atoms with van der Waals surface area (Å²) in [5.41, 5.74) is 6.11. The molecule has 0 bridgehead atoms. The van der Waals surface area contributed by atoms with Gasteiger partial charge in [-0.25, -0.2) is 0 Å². The lowest BCUT2D eigenvalue weighted by molar-refractivity contribution is -0.337. The minimum absolute atomic E-state index is 0.0396. The maximum Gasteiger partial charge on any atom is 0.257 e. The van der Waals surface area contributed by atoms with Crippen LogP contribution in [-0.4, -0.2) is 22.1 Å². The van der Waals surface area contributed by atoms with Crippen molar-refractivity contribution >= 4 is 17.5 Å². The maximum absolute atomic E-state index is 9.07. The number of fused-ring (bicyclic) bond motifs is 1. The molecular formula is C11H6N7+. The van der Waals surface area contributed by atoms with Gasteiger partial charge in [0, 0.05) is 0 Å². The van der Waals surface area contributed by atoms with Crippen LogP contribution in [0, 0.1) is 56.6 Å². The average Bonchev–Trinajstić information content (AvgIpc) is 2.81. The largest absolute Gasteiger partial charge is 0.320 e. The molecule has 0 radical (unpaired) electrons. The van der Waals surface area contributed by atoms with Crippen molar-refractivity contribution in [2.45, 2.75) is 0 Å². The van der Waals surface area contributed by atoms with Gasteiger partial charge in [-0.05, 0) is 5.87 Å². The predicted molar refractivity (Wildman–Crippen MR) is 59.3 cm³/mol. The van der Waals surface area contributed by atoms with E-state index in [2.05, 4.69) is 5.87 Å². The molecule has 0 fully saturated rings. The molecule has 0 saturated carbocycles. The van der Waals surface area contributed by atoms with Crippen molar-refractivity contribution in [3.8, 4) is 18.2 Å². The van der Waals surface area contributed by atoms with Gasteiger partial charge in [0.25, 0.3) is 5.84 Å². The van der Waals surface area contributed by atoms with Crippen molar-refractivity contribution in [2.75, 3.05) is 0 Å². The van der Waals surface area contributed by atoms with Crippen molar-refractivity contribution in [3.63, 3.8) is 0 Å². The molecule has 2 rings (SSSR count). The van der Waals surface area contributed by atoms with Gasteiger partial charge in [-0.15, -0.1) is 0 Å². The summed E-state index contributed by atoms with van der Waals surface area (Å²) in [4.78, 5) is 0. The number of allylic oxidation sites excluding steroid dienone is 1. The summed E-state index contributed by atoms with van der Waals surface area (Å²) in [7, 11) is 0. The number of hydrogen-bond donors (Lipinski definition) is 3.